The first kappa shape index (κ1) is 20.1. The molecule has 2 aromatic carbocycles. The number of hydrogen-bond acceptors (Lipinski definition) is 2. The maximum Gasteiger partial charge on any atom is 0.120 e. The Hall–Kier alpha value is -1.22. The third kappa shape index (κ3) is 6.22. The first-order valence-electron chi connectivity index (χ1n) is 9.04. The van der Waals surface area contributed by atoms with Gasteiger partial charge in [0.1, 0.15) is 5.75 Å². The van der Waals surface area contributed by atoms with Crippen LogP contribution in [0.3, 0.4) is 0 Å². The third-order valence-electron chi connectivity index (χ3n) is 4.65. The van der Waals surface area contributed by atoms with Gasteiger partial charge in [-0.2, -0.15) is 0 Å². The van der Waals surface area contributed by atoms with Crippen LogP contribution in [0.4, 0.5) is 0 Å². The molecule has 1 saturated carbocycles. The second-order valence-electron chi connectivity index (χ2n) is 6.50. The fourth-order valence-corrected chi connectivity index (χ4v) is 3.59. The minimum atomic E-state index is 0. The van der Waals surface area contributed by atoms with Gasteiger partial charge in [0.15, 0.2) is 0 Å². The number of hydrogen-bond donors (Lipinski definition) is 1. The van der Waals surface area contributed by atoms with Crippen molar-refractivity contribution in [1.29, 1.82) is 0 Å². The molecule has 4 heteroatoms. The molecular formula is C21H27Cl2NO. The highest BCUT2D eigenvalue weighted by molar-refractivity contribution is 6.33. The summed E-state index contributed by atoms with van der Waals surface area (Å²) in [7, 11) is 0. The average Bonchev–Trinajstić information content (AvgIpc) is 2.63. The lowest BCUT2D eigenvalue weighted by atomic mass is 9.95. The molecular weight excluding hydrogens is 353 g/mol. The summed E-state index contributed by atoms with van der Waals surface area (Å²) in [4.78, 5) is 0. The Balaban J connectivity index is 0.00000225. The van der Waals surface area contributed by atoms with E-state index < -0.39 is 0 Å². The zero-order valence-electron chi connectivity index (χ0n) is 14.5. The third-order valence-corrected chi connectivity index (χ3v) is 4.97. The van der Waals surface area contributed by atoms with Gasteiger partial charge >= 0.3 is 0 Å². The molecule has 2 nitrogen and oxygen atoms in total. The van der Waals surface area contributed by atoms with E-state index in [-0.39, 0.29) is 12.4 Å². The van der Waals surface area contributed by atoms with Crippen LogP contribution in [-0.2, 0) is 0 Å². The standard InChI is InChI=1S/C21H26ClNO.ClH/c22-21-16-19(12-13-20(21)17-8-3-1-4-9-17)24-15-7-14-23-18-10-5-2-6-11-18;/h1,3-4,8-9,12-13,16,18,23H,2,5-7,10-11,14-15H2;1H. The van der Waals surface area contributed by atoms with Crippen molar-refractivity contribution in [3.8, 4) is 16.9 Å². The molecule has 0 unspecified atom stereocenters. The Labute approximate surface area is 162 Å². The predicted molar refractivity (Wildman–Crippen MR) is 109 cm³/mol. The van der Waals surface area contributed by atoms with E-state index in [4.69, 9.17) is 16.3 Å². The number of rotatable bonds is 7. The number of ether oxygens (including phenoxy) is 1. The first-order chi connectivity index (χ1) is 11.8. The molecule has 0 saturated heterocycles. The lowest BCUT2D eigenvalue weighted by molar-refractivity contribution is 0.297. The summed E-state index contributed by atoms with van der Waals surface area (Å²) in [5.41, 5.74) is 2.18. The molecule has 1 aliphatic rings. The number of nitrogens with one attached hydrogen (secondary N) is 1. The molecule has 1 aliphatic carbocycles. The van der Waals surface area contributed by atoms with E-state index in [0.717, 1.165) is 47.5 Å². The van der Waals surface area contributed by atoms with Gasteiger partial charge in [-0.05, 0) is 49.6 Å². The number of halogens is 2. The second-order valence-corrected chi connectivity index (χ2v) is 6.91. The van der Waals surface area contributed by atoms with Crippen LogP contribution in [0.1, 0.15) is 38.5 Å². The zero-order chi connectivity index (χ0) is 16.6. The van der Waals surface area contributed by atoms with Gasteiger partial charge in [-0.1, -0.05) is 61.2 Å². The molecule has 0 radical (unpaired) electrons. The summed E-state index contributed by atoms with van der Waals surface area (Å²) in [5.74, 6) is 0.845. The van der Waals surface area contributed by atoms with Crippen LogP contribution in [0.25, 0.3) is 11.1 Å². The number of benzene rings is 2. The van der Waals surface area contributed by atoms with Crippen molar-refractivity contribution in [1.82, 2.24) is 5.32 Å². The molecule has 0 amide bonds. The van der Waals surface area contributed by atoms with E-state index >= 15 is 0 Å². The Kier molecular flexibility index (Phi) is 8.60. The summed E-state index contributed by atoms with van der Waals surface area (Å²) in [6, 6.07) is 16.9. The van der Waals surface area contributed by atoms with E-state index in [0.29, 0.717) is 0 Å². The van der Waals surface area contributed by atoms with Gasteiger partial charge in [-0.15, -0.1) is 12.4 Å². The van der Waals surface area contributed by atoms with Gasteiger partial charge in [-0.3, -0.25) is 0 Å². The predicted octanol–water partition coefficient (Wildman–Crippen LogP) is 6.12. The minimum Gasteiger partial charge on any atom is -0.493 e. The van der Waals surface area contributed by atoms with E-state index in [1.165, 1.54) is 32.1 Å². The molecule has 136 valence electrons. The highest BCUT2D eigenvalue weighted by Crippen LogP contribution is 2.31. The Bertz CT molecular complexity index is 627. The largest absolute Gasteiger partial charge is 0.493 e. The van der Waals surface area contributed by atoms with Crippen LogP contribution in [-0.4, -0.2) is 19.2 Å². The van der Waals surface area contributed by atoms with Crippen LogP contribution in [0.5, 0.6) is 5.75 Å². The summed E-state index contributed by atoms with van der Waals surface area (Å²) in [6.45, 7) is 1.75. The normalized spacial score (nSPS) is 14.8. The summed E-state index contributed by atoms with van der Waals surface area (Å²) in [5, 5.41) is 4.38. The van der Waals surface area contributed by atoms with E-state index in [1.807, 2.05) is 36.4 Å². The van der Waals surface area contributed by atoms with Crippen LogP contribution in [0.2, 0.25) is 5.02 Å². The quantitative estimate of drug-likeness (QED) is 0.584. The van der Waals surface area contributed by atoms with Crippen molar-refractivity contribution >= 4 is 24.0 Å². The SMILES string of the molecule is Cl.Clc1cc(OCCCNC2CCCCC2)ccc1-c1ccccc1. The van der Waals surface area contributed by atoms with Gasteiger partial charge in [0.25, 0.3) is 0 Å². The van der Waals surface area contributed by atoms with Crippen molar-refractivity contribution in [3.05, 3.63) is 53.6 Å². The minimum absolute atomic E-state index is 0. The molecule has 0 bridgehead atoms. The molecule has 0 heterocycles. The van der Waals surface area contributed by atoms with E-state index in [2.05, 4.69) is 17.4 Å². The van der Waals surface area contributed by atoms with Crippen molar-refractivity contribution in [2.75, 3.05) is 13.2 Å². The van der Waals surface area contributed by atoms with Crippen LogP contribution < -0.4 is 10.1 Å². The lowest BCUT2D eigenvalue weighted by Gasteiger charge is -2.22. The highest BCUT2D eigenvalue weighted by atomic mass is 35.5. The second kappa shape index (κ2) is 10.7. The molecule has 1 fully saturated rings. The van der Waals surface area contributed by atoms with Crippen LogP contribution in [0, 0.1) is 0 Å². The zero-order valence-corrected chi connectivity index (χ0v) is 16.1. The molecule has 2 aromatic rings. The van der Waals surface area contributed by atoms with Gasteiger partial charge in [0.05, 0.1) is 11.6 Å². The van der Waals surface area contributed by atoms with Gasteiger partial charge < -0.3 is 10.1 Å². The van der Waals surface area contributed by atoms with Gasteiger partial charge in [0.2, 0.25) is 0 Å². The molecule has 0 aromatic heterocycles. The van der Waals surface area contributed by atoms with Gasteiger partial charge in [0, 0.05) is 11.6 Å². The topological polar surface area (TPSA) is 21.3 Å². The lowest BCUT2D eigenvalue weighted by Crippen LogP contribution is -2.32. The van der Waals surface area contributed by atoms with Crippen LogP contribution >= 0.6 is 24.0 Å². The maximum absolute atomic E-state index is 6.41. The van der Waals surface area contributed by atoms with Crippen molar-refractivity contribution in [3.63, 3.8) is 0 Å². The molecule has 0 spiro atoms. The molecule has 25 heavy (non-hydrogen) atoms. The molecule has 1 N–H and O–H groups in total. The van der Waals surface area contributed by atoms with Crippen molar-refractivity contribution in [2.45, 2.75) is 44.6 Å². The molecule has 3 rings (SSSR count). The van der Waals surface area contributed by atoms with Crippen molar-refractivity contribution in [2.24, 2.45) is 0 Å². The Morgan fingerprint density at radius 3 is 2.48 bits per heavy atom. The fraction of sp³-hybridized carbons (Fsp3) is 0.429. The van der Waals surface area contributed by atoms with E-state index in [1.54, 1.807) is 0 Å². The van der Waals surface area contributed by atoms with Crippen molar-refractivity contribution < 1.29 is 4.74 Å². The smallest absolute Gasteiger partial charge is 0.120 e. The Morgan fingerprint density at radius 1 is 1.00 bits per heavy atom. The summed E-state index contributed by atoms with van der Waals surface area (Å²) < 4.78 is 5.84. The summed E-state index contributed by atoms with van der Waals surface area (Å²) >= 11 is 6.41. The Morgan fingerprint density at radius 2 is 1.76 bits per heavy atom. The maximum atomic E-state index is 6.41. The van der Waals surface area contributed by atoms with E-state index in [9.17, 15) is 0 Å². The monoisotopic (exact) mass is 379 g/mol. The average molecular weight is 380 g/mol. The molecule has 0 aliphatic heterocycles. The first-order valence-corrected chi connectivity index (χ1v) is 9.42. The molecule has 0 atom stereocenters. The fourth-order valence-electron chi connectivity index (χ4n) is 3.31. The van der Waals surface area contributed by atoms with Gasteiger partial charge in [-0.25, -0.2) is 0 Å². The summed E-state index contributed by atoms with van der Waals surface area (Å²) in [6.07, 6.45) is 7.84. The van der Waals surface area contributed by atoms with Crippen LogP contribution in [0.15, 0.2) is 48.5 Å². The highest BCUT2D eigenvalue weighted by Gasteiger charge is 2.11.